The largest absolute Gasteiger partial charge is 0.354 e. The summed E-state index contributed by atoms with van der Waals surface area (Å²) in [6, 6.07) is 12.3. The van der Waals surface area contributed by atoms with E-state index in [0.29, 0.717) is 17.2 Å². The van der Waals surface area contributed by atoms with Gasteiger partial charge < -0.3 is 10.6 Å². The molecule has 0 atom stereocenters. The average molecular weight is 442 g/mol. The molecule has 0 amide bonds. The molecule has 154 valence electrons. The lowest BCUT2D eigenvalue weighted by Crippen LogP contribution is -2.12. The van der Waals surface area contributed by atoms with Gasteiger partial charge in [-0.1, -0.05) is 17.7 Å². The highest BCUT2D eigenvalue weighted by Crippen LogP contribution is 2.30. The van der Waals surface area contributed by atoms with Gasteiger partial charge in [0.05, 0.1) is 16.9 Å². The number of pyridine rings is 2. The second kappa shape index (κ2) is 8.06. The zero-order chi connectivity index (χ0) is 21.3. The van der Waals surface area contributed by atoms with Gasteiger partial charge in [-0.3, -0.25) is 4.98 Å². The Bertz CT molecular complexity index is 1320. The molecule has 30 heavy (non-hydrogen) atoms. The summed E-state index contributed by atoms with van der Waals surface area (Å²) in [5.74, 6) is 0. The number of hydrogen-bond donors (Lipinski definition) is 2. The van der Waals surface area contributed by atoms with Crippen molar-refractivity contribution in [2.75, 3.05) is 12.4 Å². The zero-order valence-electron chi connectivity index (χ0n) is 16.4. The molecule has 1 aromatic carbocycles. The Labute approximate surface area is 179 Å². The smallest absolute Gasteiger partial charge is 0.269 e. The topological polar surface area (TPSA) is 88.9 Å². The van der Waals surface area contributed by atoms with Gasteiger partial charge in [-0.2, -0.15) is 0 Å². The molecular weight excluding hydrogens is 422 g/mol. The molecule has 4 aromatic rings. The molecule has 0 spiro atoms. The first-order valence-corrected chi connectivity index (χ1v) is 11.1. The minimum Gasteiger partial charge on any atom is -0.354 e. The second-order valence-corrected chi connectivity index (χ2v) is 9.00. The maximum Gasteiger partial charge on any atom is 0.269 e. The highest BCUT2D eigenvalue weighted by atomic mass is 35.5. The molecule has 4 rings (SSSR count). The monoisotopic (exact) mass is 441 g/mol. The van der Waals surface area contributed by atoms with Crippen LogP contribution in [-0.4, -0.2) is 29.4 Å². The van der Waals surface area contributed by atoms with E-state index >= 15 is 0 Å². The minimum absolute atomic E-state index is 0.133. The number of nitrogens with one attached hydrogen (secondary N) is 2. The molecular formula is C21H20ClN5O2S. The van der Waals surface area contributed by atoms with E-state index in [-0.39, 0.29) is 4.90 Å². The lowest BCUT2D eigenvalue weighted by atomic mass is 10.1. The summed E-state index contributed by atoms with van der Waals surface area (Å²) in [6.07, 6.45) is 4.55. The number of benzene rings is 1. The number of nitrogens with zero attached hydrogens (tertiary/aromatic N) is 3. The van der Waals surface area contributed by atoms with Crippen molar-refractivity contribution in [3.8, 4) is 0 Å². The van der Waals surface area contributed by atoms with E-state index in [0.717, 1.165) is 28.0 Å². The molecule has 2 N–H and O–H groups in total. The van der Waals surface area contributed by atoms with Crippen molar-refractivity contribution >= 4 is 43.9 Å². The molecule has 0 fully saturated rings. The van der Waals surface area contributed by atoms with E-state index in [1.54, 1.807) is 24.5 Å². The molecule has 0 unspecified atom stereocenters. The number of rotatable bonds is 6. The van der Waals surface area contributed by atoms with Crippen LogP contribution in [0.4, 0.5) is 11.4 Å². The van der Waals surface area contributed by atoms with Gasteiger partial charge in [0, 0.05) is 36.2 Å². The molecule has 9 heteroatoms. The second-order valence-electron chi connectivity index (χ2n) is 6.80. The first-order valence-electron chi connectivity index (χ1n) is 9.24. The Balaban J connectivity index is 1.85. The Morgan fingerprint density at radius 3 is 2.70 bits per heavy atom. The molecule has 3 aromatic heterocycles. The maximum absolute atomic E-state index is 13.3. The predicted octanol–water partition coefficient (Wildman–Crippen LogP) is 4.09. The molecule has 0 aliphatic heterocycles. The fourth-order valence-corrected chi connectivity index (χ4v) is 4.84. The lowest BCUT2D eigenvalue weighted by molar-refractivity contribution is 0.588. The molecule has 0 bridgehead atoms. The van der Waals surface area contributed by atoms with E-state index in [1.165, 1.54) is 16.2 Å². The van der Waals surface area contributed by atoms with Crippen LogP contribution in [0.15, 0.2) is 66.0 Å². The van der Waals surface area contributed by atoms with Gasteiger partial charge in [-0.15, -0.1) is 0 Å². The van der Waals surface area contributed by atoms with Crippen molar-refractivity contribution in [1.82, 2.24) is 19.3 Å². The SMILES string of the molecule is CNCc1cn(S(=O)(=O)c2cccnc2)c2cc(Nc3ccc(Cl)nc3C)ccc12. The number of anilines is 2. The molecule has 0 saturated carbocycles. The Hall–Kier alpha value is -2.94. The highest BCUT2D eigenvalue weighted by molar-refractivity contribution is 7.90. The quantitative estimate of drug-likeness (QED) is 0.438. The first-order chi connectivity index (χ1) is 14.4. The lowest BCUT2D eigenvalue weighted by Gasteiger charge is -2.11. The average Bonchev–Trinajstić information content (AvgIpc) is 3.10. The van der Waals surface area contributed by atoms with Crippen LogP contribution in [0.25, 0.3) is 10.9 Å². The summed E-state index contributed by atoms with van der Waals surface area (Å²) in [7, 11) is -1.97. The van der Waals surface area contributed by atoms with Gasteiger partial charge in [0.15, 0.2) is 0 Å². The van der Waals surface area contributed by atoms with Crippen molar-refractivity contribution in [2.24, 2.45) is 0 Å². The first kappa shape index (κ1) is 20.3. The van der Waals surface area contributed by atoms with Gasteiger partial charge in [-0.25, -0.2) is 17.4 Å². The van der Waals surface area contributed by atoms with Crippen LogP contribution < -0.4 is 10.6 Å². The summed E-state index contributed by atoms with van der Waals surface area (Å²) in [4.78, 5) is 8.33. The van der Waals surface area contributed by atoms with Crippen LogP contribution in [0, 0.1) is 6.92 Å². The minimum atomic E-state index is -3.80. The van der Waals surface area contributed by atoms with Crippen LogP contribution in [0.1, 0.15) is 11.3 Å². The fraction of sp³-hybridized carbons (Fsp3) is 0.143. The third-order valence-electron chi connectivity index (χ3n) is 4.74. The van der Waals surface area contributed by atoms with Crippen LogP contribution in [0.2, 0.25) is 5.15 Å². The van der Waals surface area contributed by atoms with Crippen molar-refractivity contribution in [1.29, 1.82) is 0 Å². The van der Waals surface area contributed by atoms with Crippen LogP contribution in [0.5, 0.6) is 0 Å². The standard InChI is InChI=1S/C21H20ClN5O2S/c1-14-19(7-8-21(22)25-14)26-16-5-6-18-15(11-23-2)13-27(20(18)10-16)30(28,29)17-4-3-9-24-12-17/h3-10,12-13,23,26H,11H2,1-2H3. The van der Waals surface area contributed by atoms with Crippen molar-refractivity contribution in [3.63, 3.8) is 0 Å². The normalized spacial score (nSPS) is 11.7. The van der Waals surface area contributed by atoms with E-state index in [2.05, 4.69) is 20.6 Å². The number of halogens is 1. The van der Waals surface area contributed by atoms with Gasteiger partial charge in [0.1, 0.15) is 10.0 Å². The van der Waals surface area contributed by atoms with Crippen LogP contribution in [-0.2, 0) is 16.6 Å². The van der Waals surface area contributed by atoms with Gasteiger partial charge in [0.2, 0.25) is 0 Å². The van der Waals surface area contributed by atoms with Crippen molar-refractivity contribution < 1.29 is 8.42 Å². The predicted molar refractivity (Wildman–Crippen MR) is 119 cm³/mol. The fourth-order valence-electron chi connectivity index (χ4n) is 3.31. The van der Waals surface area contributed by atoms with Crippen LogP contribution >= 0.6 is 11.6 Å². The number of aryl methyl sites for hydroxylation is 1. The van der Waals surface area contributed by atoms with Gasteiger partial charge in [0.25, 0.3) is 10.0 Å². The summed E-state index contributed by atoms with van der Waals surface area (Å²) >= 11 is 5.94. The van der Waals surface area contributed by atoms with E-state index in [9.17, 15) is 8.42 Å². The summed E-state index contributed by atoms with van der Waals surface area (Å²) in [5.41, 5.74) is 3.75. The Kier molecular flexibility index (Phi) is 5.46. The number of fused-ring (bicyclic) bond motifs is 1. The zero-order valence-corrected chi connectivity index (χ0v) is 18.0. The molecule has 0 saturated heterocycles. The highest BCUT2D eigenvalue weighted by Gasteiger charge is 2.21. The van der Waals surface area contributed by atoms with Crippen LogP contribution in [0.3, 0.4) is 0 Å². The van der Waals surface area contributed by atoms with Gasteiger partial charge in [-0.05, 0) is 55.9 Å². The summed E-state index contributed by atoms with van der Waals surface area (Å²) in [5, 5.41) is 7.66. The number of hydrogen-bond acceptors (Lipinski definition) is 6. The Morgan fingerprint density at radius 1 is 1.17 bits per heavy atom. The molecule has 0 aliphatic rings. The molecule has 0 aliphatic carbocycles. The van der Waals surface area contributed by atoms with Crippen molar-refractivity contribution in [2.45, 2.75) is 18.4 Å². The van der Waals surface area contributed by atoms with Gasteiger partial charge >= 0.3 is 0 Å². The summed E-state index contributed by atoms with van der Waals surface area (Å²) < 4.78 is 27.9. The maximum atomic E-state index is 13.3. The Morgan fingerprint density at radius 2 is 2.00 bits per heavy atom. The summed E-state index contributed by atoms with van der Waals surface area (Å²) in [6.45, 7) is 2.40. The third kappa shape index (κ3) is 3.77. The van der Waals surface area contributed by atoms with E-state index in [1.807, 2.05) is 38.2 Å². The number of aromatic nitrogens is 3. The third-order valence-corrected chi connectivity index (χ3v) is 6.61. The van der Waals surface area contributed by atoms with E-state index < -0.39 is 10.0 Å². The van der Waals surface area contributed by atoms with Crippen molar-refractivity contribution in [3.05, 3.63) is 77.5 Å². The molecule has 0 radical (unpaired) electrons. The van der Waals surface area contributed by atoms with E-state index in [4.69, 9.17) is 11.6 Å². The molecule has 3 heterocycles. The molecule has 7 nitrogen and oxygen atoms in total.